The molecule has 0 saturated carbocycles. The molecule has 1 unspecified atom stereocenters. The van der Waals surface area contributed by atoms with Crippen molar-refractivity contribution in [2.45, 2.75) is 46.7 Å². The van der Waals surface area contributed by atoms with Gasteiger partial charge in [-0.15, -0.1) is 0 Å². The molecular weight excluding hydrogens is 220 g/mol. The third kappa shape index (κ3) is 5.19. The van der Waals surface area contributed by atoms with Crippen molar-refractivity contribution < 1.29 is 0 Å². The highest BCUT2D eigenvalue weighted by molar-refractivity contribution is 5.21. The molecule has 2 heteroatoms. The van der Waals surface area contributed by atoms with Crippen LogP contribution in [0.4, 0.5) is 0 Å². The van der Waals surface area contributed by atoms with Gasteiger partial charge in [0.2, 0.25) is 0 Å². The molecule has 0 aromatic heterocycles. The Morgan fingerprint density at radius 3 is 2.17 bits per heavy atom. The molecule has 102 valence electrons. The first-order valence-corrected chi connectivity index (χ1v) is 6.77. The summed E-state index contributed by atoms with van der Waals surface area (Å²) >= 11 is 0. The molecule has 0 heterocycles. The molecule has 1 rings (SSSR count). The second-order valence-electron chi connectivity index (χ2n) is 6.56. The average Bonchev–Trinajstić information content (AvgIpc) is 2.27. The van der Waals surface area contributed by atoms with E-state index in [1.807, 2.05) is 0 Å². The fraction of sp³-hybridized carbons (Fsp3) is 0.625. The highest BCUT2D eigenvalue weighted by atomic mass is 15.1. The lowest BCUT2D eigenvalue weighted by atomic mass is 9.87. The van der Waals surface area contributed by atoms with E-state index in [9.17, 15) is 0 Å². The van der Waals surface area contributed by atoms with Crippen LogP contribution in [0.1, 0.15) is 38.3 Å². The summed E-state index contributed by atoms with van der Waals surface area (Å²) in [5.74, 6) is 0. The van der Waals surface area contributed by atoms with Crippen LogP contribution < -0.4 is 5.73 Å². The Morgan fingerprint density at radius 2 is 1.72 bits per heavy atom. The molecular formula is C16H28N2. The Kier molecular flexibility index (Phi) is 5.36. The second kappa shape index (κ2) is 6.35. The van der Waals surface area contributed by atoms with Gasteiger partial charge in [0.05, 0.1) is 0 Å². The van der Waals surface area contributed by atoms with Gasteiger partial charge in [-0.25, -0.2) is 0 Å². The van der Waals surface area contributed by atoms with Gasteiger partial charge in [0, 0.05) is 19.1 Å². The largest absolute Gasteiger partial charge is 0.329 e. The van der Waals surface area contributed by atoms with Crippen molar-refractivity contribution in [3.63, 3.8) is 0 Å². The van der Waals surface area contributed by atoms with Crippen molar-refractivity contribution in [3.8, 4) is 0 Å². The Balaban J connectivity index is 2.62. The van der Waals surface area contributed by atoms with Crippen molar-refractivity contribution >= 4 is 0 Å². The van der Waals surface area contributed by atoms with E-state index in [2.05, 4.69) is 63.9 Å². The van der Waals surface area contributed by atoms with Crippen LogP contribution in [0.3, 0.4) is 0 Å². The molecule has 0 amide bonds. The van der Waals surface area contributed by atoms with E-state index < -0.39 is 0 Å². The highest BCUT2D eigenvalue weighted by Crippen LogP contribution is 2.23. The summed E-state index contributed by atoms with van der Waals surface area (Å²) < 4.78 is 0. The molecule has 2 N–H and O–H groups in total. The van der Waals surface area contributed by atoms with Crippen LogP contribution >= 0.6 is 0 Å². The number of nitrogens with zero attached hydrogens (tertiary/aromatic N) is 1. The van der Waals surface area contributed by atoms with Crippen LogP contribution in [0.15, 0.2) is 24.3 Å². The van der Waals surface area contributed by atoms with Crippen molar-refractivity contribution in [2.24, 2.45) is 11.1 Å². The van der Waals surface area contributed by atoms with E-state index in [4.69, 9.17) is 5.73 Å². The van der Waals surface area contributed by atoms with Crippen LogP contribution in [-0.4, -0.2) is 24.5 Å². The Labute approximate surface area is 112 Å². The molecule has 18 heavy (non-hydrogen) atoms. The first-order valence-electron chi connectivity index (χ1n) is 6.77. The topological polar surface area (TPSA) is 29.3 Å². The lowest BCUT2D eigenvalue weighted by Crippen LogP contribution is -2.40. The minimum atomic E-state index is 0.325. The molecule has 0 radical (unpaired) electrons. The molecule has 0 bridgehead atoms. The number of benzene rings is 1. The van der Waals surface area contributed by atoms with Crippen molar-refractivity contribution in [3.05, 3.63) is 35.4 Å². The molecule has 2 nitrogen and oxygen atoms in total. The normalized spacial score (nSPS) is 13.9. The summed E-state index contributed by atoms with van der Waals surface area (Å²) in [6.45, 7) is 10.6. The Bertz CT molecular complexity index is 348. The van der Waals surface area contributed by atoms with Gasteiger partial charge in [0.1, 0.15) is 0 Å². The maximum absolute atomic E-state index is 5.92. The number of aryl methyl sites for hydroxylation is 1. The van der Waals surface area contributed by atoms with Gasteiger partial charge in [-0.1, -0.05) is 50.6 Å². The minimum absolute atomic E-state index is 0.325. The van der Waals surface area contributed by atoms with E-state index in [0.717, 1.165) is 19.5 Å². The van der Waals surface area contributed by atoms with Gasteiger partial charge in [0.25, 0.3) is 0 Å². The first kappa shape index (κ1) is 15.2. The Morgan fingerprint density at radius 1 is 1.17 bits per heavy atom. The van der Waals surface area contributed by atoms with Crippen molar-refractivity contribution in [2.75, 3.05) is 13.6 Å². The number of hydrogen-bond acceptors (Lipinski definition) is 2. The molecule has 0 saturated heterocycles. The average molecular weight is 248 g/mol. The summed E-state index contributed by atoms with van der Waals surface area (Å²) in [6, 6.07) is 9.20. The molecule has 0 aliphatic carbocycles. The third-order valence-corrected chi connectivity index (χ3v) is 3.30. The molecule has 0 spiro atoms. The van der Waals surface area contributed by atoms with E-state index in [-0.39, 0.29) is 0 Å². The highest BCUT2D eigenvalue weighted by Gasteiger charge is 2.21. The summed E-state index contributed by atoms with van der Waals surface area (Å²) in [6.07, 6.45) is 1.13. The smallest absolute Gasteiger partial charge is 0.0234 e. The van der Waals surface area contributed by atoms with E-state index in [0.29, 0.717) is 11.5 Å². The zero-order valence-corrected chi connectivity index (χ0v) is 12.5. The second-order valence-corrected chi connectivity index (χ2v) is 6.56. The van der Waals surface area contributed by atoms with Gasteiger partial charge in [-0.2, -0.15) is 0 Å². The molecule has 1 atom stereocenters. The van der Waals surface area contributed by atoms with Gasteiger partial charge in [0.15, 0.2) is 0 Å². The van der Waals surface area contributed by atoms with E-state index in [1.165, 1.54) is 11.1 Å². The van der Waals surface area contributed by atoms with Crippen molar-refractivity contribution in [1.82, 2.24) is 4.90 Å². The zero-order valence-electron chi connectivity index (χ0n) is 12.5. The van der Waals surface area contributed by atoms with Crippen LogP contribution in [0, 0.1) is 12.3 Å². The van der Waals surface area contributed by atoms with Gasteiger partial charge < -0.3 is 5.73 Å². The maximum Gasteiger partial charge on any atom is 0.0234 e. The predicted molar refractivity (Wildman–Crippen MR) is 79.6 cm³/mol. The number of hydrogen-bond donors (Lipinski definition) is 1. The van der Waals surface area contributed by atoms with E-state index in [1.54, 1.807) is 0 Å². The van der Waals surface area contributed by atoms with Gasteiger partial charge in [-0.3, -0.25) is 4.90 Å². The number of nitrogens with two attached hydrogens (primary N) is 1. The minimum Gasteiger partial charge on any atom is -0.329 e. The standard InChI is InChI=1S/C16H28N2/c1-13-6-8-14(9-7-13)12-18(5)15(11-17)10-16(2,3)4/h6-9,15H,10-12,17H2,1-5H3. The molecule has 0 aliphatic heterocycles. The SMILES string of the molecule is Cc1ccc(CN(C)C(CN)CC(C)(C)C)cc1. The first-order chi connectivity index (χ1) is 8.31. The fourth-order valence-corrected chi connectivity index (χ4v) is 2.24. The zero-order chi connectivity index (χ0) is 13.8. The van der Waals surface area contributed by atoms with E-state index >= 15 is 0 Å². The van der Waals surface area contributed by atoms with Crippen molar-refractivity contribution in [1.29, 1.82) is 0 Å². The Hall–Kier alpha value is -0.860. The maximum atomic E-state index is 5.92. The van der Waals surface area contributed by atoms with Gasteiger partial charge >= 0.3 is 0 Å². The molecule has 0 fully saturated rings. The van der Waals surface area contributed by atoms with Crippen LogP contribution in [0.25, 0.3) is 0 Å². The lowest BCUT2D eigenvalue weighted by molar-refractivity contribution is 0.177. The molecule has 0 aliphatic rings. The van der Waals surface area contributed by atoms with Crippen LogP contribution in [0.2, 0.25) is 0 Å². The fourth-order valence-electron chi connectivity index (χ4n) is 2.24. The van der Waals surface area contributed by atoms with Crippen LogP contribution in [0.5, 0.6) is 0 Å². The molecule has 1 aromatic carbocycles. The van der Waals surface area contributed by atoms with Gasteiger partial charge in [-0.05, 0) is 31.4 Å². The lowest BCUT2D eigenvalue weighted by Gasteiger charge is -2.32. The number of rotatable bonds is 5. The predicted octanol–water partition coefficient (Wildman–Crippen LogP) is 3.19. The summed E-state index contributed by atoms with van der Waals surface area (Å²) in [5, 5.41) is 0. The molecule has 1 aromatic rings. The third-order valence-electron chi connectivity index (χ3n) is 3.30. The van der Waals surface area contributed by atoms with Crippen LogP contribution in [-0.2, 0) is 6.54 Å². The quantitative estimate of drug-likeness (QED) is 0.867. The monoisotopic (exact) mass is 248 g/mol. The summed E-state index contributed by atoms with van der Waals surface area (Å²) in [4.78, 5) is 2.37. The summed E-state index contributed by atoms with van der Waals surface area (Å²) in [5.41, 5.74) is 8.91. The summed E-state index contributed by atoms with van der Waals surface area (Å²) in [7, 11) is 2.17. The number of likely N-dealkylation sites (N-methyl/N-ethyl adjacent to an activating group) is 1.